The normalized spacial score (nSPS) is 12.3. The molecule has 7 heteroatoms. The number of hydrogen-bond donors (Lipinski definition) is 0. The molecular formula is C16H23N3O3S. The van der Waals surface area contributed by atoms with Gasteiger partial charge in [0.2, 0.25) is 10.0 Å². The first-order chi connectivity index (χ1) is 10.8. The smallest absolute Gasteiger partial charge is 0.248 e. The zero-order valence-electron chi connectivity index (χ0n) is 14.0. The molecule has 0 atom stereocenters. The molecule has 1 aromatic heterocycles. The van der Waals surface area contributed by atoms with Crippen molar-refractivity contribution in [2.75, 3.05) is 27.2 Å². The van der Waals surface area contributed by atoms with Crippen LogP contribution in [0.15, 0.2) is 39.8 Å². The molecule has 1 heterocycles. The number of sulfonamides is 1. The molecular weight excluding hydrogens is 314 g/mol. The Bertz CT molecular complexity index is 720. The molecule has 0 unspecified atom stereocenters. The van der Waals surface area contributed by atoms with Crippen LogP contribution in [0.3, 0.4) is 0 Å². The fraction of sp³-hybridized carbons (Fsp3) is 0.438. The van der Waals surface area contributed by atoms with Crippen LogP contribution < -0.4 is 0 Å². The van der Waals surface area contributed by atoms with Gasteiger partial charge in [-0.15, -0.1) is 0 Å². The van der Waals surface area contributed by atoms with E-state index < -0.39 is 10.0 Å². The Morgan fingerprint density at radius 1 is 1.09 bits per heavy atom. The lowest BCUT2D eigenvalue weighted by atomic mass is 10.2. The van der Waals surface area contributed by atoms with Gasteiger partial charge in [0.25, 0.3) is 0 Å². The van der Waals surface area contributed by atoms with E-state index in [4.69, 9.17) is 4.52 Å². The summed E-state index contributed by atoms with van der Waals surface area (Å²) in [5, 5.41) is 3.78. The van der Waals surface area contributed by atoms with E-state index in [1.54, 1.807) is 13.8 Å². The topological polar surface area (TPSA) is 66.7 Å². The van der Waals surface area contributed by atoms with Crippen molar-refractivity contribution in [1.82, 2.24) is 14.4 Å². The third-order valence-corrected chi connectivity index (χ3v) is 5.65. The van der Waals surface area contributed by atoms with E-state index in [1.807, 2.05) is 49.3 Å². The molecule has 0 saturated heterocycles. The predicted octanol–water partition coefficient (Wildman–Crippen LogP) is 2.04. The van der Waals surface area contributed by atoms with Gasteiger partial charge < -0.3 is 9.42 Å². The summed E-state index contributed by atoms with van der Waals surface area (Å²) in [6, 6.07) is 9.57. The molecule has 0 fully saturated rings. The molecule has 0 radical (unpaired) electrons. The van der Waals surface area contributed by atoms with Gasteiger partial charge in [0.15, 0.2) is 5.76 Å². The average molecular weight is 337 g/mol. The highest BCUT2D eigenvalue weighted by atomic mass is 32.2. The molecule has 0 aliphatic carbocycles. The molecule has 0 spiro atoms. The van der Waals surface area contributed by atoms with Crippen LogP contribution in [0.4, 0.5) is 0 Å². The van der Waals surface area contributed by atoms with E-state index in [9.17, 15) is 8.42 Å². The summed E-state index contributed by atoms with van der Waals surface area (Å²) in [6.45, 7) is 4.63. The first kappa shape index (κ1) is 17.7. The maximum Gasteiger partial charge on any atom is 0.248 e. The van der Waals surface area contributed by atoms with E-state index in [-0.39, 0.29) is 4.90 Å². The summed E-state index contributed by atoms with van der Waals surface area (Å²) in [5.41, 5.74) is 1.34. The Morgan fingerprint density at radius 2 is 1.74 bits per heavy atom. The molecule has 0 aliphatic heterocycles. The second-order valence-corrected chi connectivity index (χ2v) is 7.66. The Morgan fingerprint density at radius 3 is 2.26 bits per heavy atom. The maximum absolute atomic E-state index is 13.1. The van der Waals surface area contributed by atoms with Crippen molar-refractivity contribution in [3.63, 3.8) is 0 Å². The van der Waals surface area contributed by atoms with Gasteiger partial charge in [0, 0.05) is 19.6 Å². The Kier molecular flexibility index (Phi) is 5.56. The van der Waals surface area contributed by atoms with Crippen molar-refractivity contribution in [2.24, 2.45) is 0 Å². The third kappa shape index (κ3) is 4.19. The van der Waals surface area contributed by atoms with Crippen LogP contribution in [0, 0.1) is 13.8 Å². The van der Waals surface area contributed by atoms with Crippen LogP contribution >= 0.6 is 0 Å². The van der Waals surface area contributed by atoms with E-state index in [2.05, 4.69) is 5.16 Å². The monoisotopic (exact) mass is 337 g/mol. The SMILES string of the molecule is Cc1noc(C)c1S(=O)(=O)N(CCN(C)C)Cc1ccccc1. The van der Waals surface area contributed by atoms with Gasteiger partial charge in [-0.05, 0) is 33.5 Å². The number of nitrogens with zero attached hydrogens (tertiary/aromatic N) is 3. The number of benzene rings is 1. The number of aryl methyl sites for hydroxylation is 2. The maximum atomic E-state index is 13.1. The van der Waals surface area contributed by atoms with Crippen LogP contribution in [0.5, 0.6) is 0 Å². The summed E-state index contributed by atoms with van der Waals surface area (Å²) in [6.07, 6.45) is 0. The number of rotatable bonds is 7. The molecule has 0 bridgehead atoms. The van der Waals surface area contributed by atoms with Crippen molar-refractivity contribution < 1.29 is 12.9 Å². The number of aromatic nitrogens is 1. The third-order valence-electron chi connectivity index (χ3n) is 3.56. The molecule has 126 valence electrons. The van der Waals surface area contributed by atoms with Crippen LogP contribution in [0.25, 0.3) is 0 Å². The van der Waals surface area contributed by atoms with E-state index in [1.165, 1.54) is 4.31 Å². The fourth-order valence-corrected chi connectivity index (χ4v) is 4.07. The summed E-state index contributed by atoms with van der Waals surface area (Å²) in [5.74, 6) is 0.324. The molecule has 1 aromatic carbocycles. The summed E-state index contributed by atoms with van der Waals surface area (Å²) in [4.78, 5) is 2.13. The lowest BCUT2D eigenvalue weighted by Crippen LogP contribution is -2.36. The molecule has 0 N–H and O–H groups in total. The highest BCUT2D eigenvalue weighted by Gasteiger charge is 2.30. The lowest BCUT2D eigenvalue weighted by Gasteiger charge is -2.23. The fourth-order valence-electron chi connectivity index (χ4n) is 2.35. The van der Waals surface area contributed by atoms with E-state index in [0.717, 1.165) is 5.56 Å². The van der Waals surface area contributed by atoms with Crippen LogP contribution in [0.1, 0.15) is 17.0 Å². The zero-order valence-corrected chi connectivity index (χ0v) is 14.8. The van der Waals surface area contributed by atoms with Crippen molar-refractivity contribution >= 4 is 10.0 Å². The molecule has 0 aliphatic rings. The van der Waals surface area contributed by atoms with Gasteiger partial charge >= 0.3 is 0 Å². The predicted molar refractivity (Wildman–Crippen MR) is 88.6 cm³/mol. The number of likely N-dealkylation sites (N-methyl/N-ethyl adjacent to an activating group) is 1. The molecule has 23 heavy (non-hydrogen) atoms. The minimum Gasteiger partial charge on any atom is -0.360 e. The van der Waals surface area contributed by atoms with Gasteiger partial charge in [0.05, 0.1) is 0 Å². The second-order valence-electron chi connectivity index (χ2n) is 5.78. The van der Waals surface area contributed by atoms with E-state index >= 15 is 0 Å². The highest BCUT2D eigenvalue weighted by Crippen LogP contribution is 2.24. The molecule has 2 rings (SSSR count). The summed E-state index contributed by atoms with van der Waals surface area (Å²) < 4.78 is 32.6. The van der Waals surface area contributed by atoms with Crippen LogP contribution in [-0.2, 0) is 16.6 Å². The van der Waals surface area contributed by atoms with Crippen molar-refractivity contribution in [3.05, 3.63) is 47.3 Å². The minimum atomic E-state index is -3.66. The molecule has 0 amide bonds. The van der Waals surface area contributed by atoms with Crippen LogP contribution in [0.2, 0.25) is 0 Å². The molecule has 2 aromatic rings. The summed E-state index contributed by atoms with van der Waals surface area (Å²) in [7, 11) is 0.177. The average Bonchev–Trinajstić information content (AvgIpc) is 2.83. The van der Waals surface area contributed by atoms with Crippen molar-refractivity contribution in [2.45, 2.75) is 25.3 Å². The largest absolute Gasteiger partial charge is 0.360 e. The Labute approximate surface area is 137 Å². The van der Waals surface area contributed by atoms with Gasteiger partial charge in [-0.2, -0.15) is 4.31 Å². The van der Waals surface area contributed by atoms with Crippen LogP contribution in [-0.4, -0.2) is 50.0 Å². The quantitative estimate of drug-likeness (QED) is 0.773. The van der Waals surface area contributed by atoms with Crippen molar-refractivity contribution in [1.29, 1.82) is 0 Å². The second kappa shape index (κ2) is 7.25. The van der Waals surface area contributed by atoms with Gasteiger partial charge in [-0.25, -0.2) is 8.42 Å². The van der Waals surface area contributed by atoms with E-state index in [0.29, 0.717) is 31.1 Å². The highest BCUT2D eigenvalue weighted by molar-refractivity contribution is 7.89. The number of hydrogen-bond acceptors (Lipinski definition) is 5. The standard InChI is InChI=1S/C16H23N3O3S/c1-13-16(14(2)22-17-13)23(20,21)19(11-10-18(3)4)12-15-8-6-5-7-9-15/h5-9H,10-12H2,1-4H3. The first-order valence-electron chi connectivity index (χ1n) is 7.44. The lowest BCUT2D eigenvalue weighted by molar-refractivity contribution is 0.328. The van der Waals surface area contributed by atoms with Gasteiger partial charge in [0.1, 0.15) is 10.6 Å². The van der Waals surface area contributed by atoms with Gasteiger partial charge in [-0.1, -0.05) is 35.5 Å². The molecule has 0 saturated carbocycles. The van der Waals surface area contributed by atoms with Crippen molar-refractivity contribution in [3.8, 4) is 0 Å². The molecule has 6 nitrogen and oxygen atoms in total. The van der Waals surface area contributed by atoms with Gasteiger partial charge in [-0.3, -0.25) is 0 Å². The first-order valence-corrected chi connectivity index (χ1v) is 8.88. The Hall–Kier alpha value is -1.70. The summed E-state index contributed by atoms with van der Waals surface area (Å²) >= 11 is 0. The zero-order chi connectivity index (χ0) is 17.0. The minimum absolute atomic E-state index is 0.173. The Balaban J connectivity index is 2.36.